The molecule has 0 aromatic carbocycles. The summed E-state index contributed by atoms with van der Waals surface area (Å²) in [5.41, 5.74) is 5.09. The van der Waals surface area contributed by atoms with Gasteiger partial charge in [-0.25, -0.2) is 4.84 Å². The Labute approximate surface area is 64.8 Å². The van der Waals surface area contributed by atoms with Crippen LogP contribution in [-0.2, 0) is 9.53 Å². The molecule has 10 heavy (non-hydrogen) atoms. The van der Waals surface area contributed by atoms with Crippen molar-refractivity contribution in [3.8, 4) is 0 Å². The highest BCUT2D eigenvalue weighted by Crippen LogP contribution is 1.83. The molecule has 0 spiro atoms. The smallest absolute Gasteiger partial charge is 0.307 e. The van der Waals surface area contributed by atoms with Crippen molar-refractivity contribution in [2.45, 2.75) is 6.42 Å². The van der Waals surface area contributed by atoms with Crippen LogP contribution in [0.2, 0.25) is 0 Å². The summed E-state index contributed by atoms with van der Waals surface area (Å²) >= 11 is 5.10. The van der Waals surface area contributed by atoms with E-state index in [1.807, 2.05) is 0 Å². The summed E-state index contributed by atoms with van der Waals surface area (Å²) in [6.07, 6.45) is 0.281. The van der Waals surface area contributed by atoms with E-state index in [0.717, 1.165) is 0 Å². The van der Waals surface area contributed by atoms with E-state index in [4.69, 9.17) is 17.5 Å². The van der Waals surface area contributed by atoms with E-state index in [0.29, 0.717) is 13.1 Å². The predicted octanol–water partition coefficient (Wildman–Crippen LogP) is -0.378. The minimum Gasteiger partial charge on any atom is -0.464 e. The van der Waals surface area contributed by atoms with E-state index in [1.165, 1.54) is 0 Å². The van der Waals surface area contributed by atoms with Crippen molar-refractivity contribution in [1.29, 1.82) is 0 Å². The fraction of sp³-hybridized carbons (Fsp3) is 0.800. The lowest BCUT2D eigenvalue weighted by Gasteiger charge is -2.00. The summed E-state index contributed by atoms with van der Waals surface area (Å²) < 4.78 is 4.63. The molecule has 5 heteroatoms. The summed E-state index contributed by atoms with van der Waals surface area (Å²) in [5.74, 6) is -0.279. The third kappa shape index (κ3) is 5.81. The van der Waals surface area contributed by atoms with E-state index in [2.05, 4.69) is 9.57 Å². The van der Waals surface area contributed by atoms with Crippen LogP contribution >= 0.6 is 11.8 Å². The lowest BCUT2D eigenvalue weighted by atomic mass is 10.4. The SMILES string of the molecule is NCCOC(=O)CCNCl. The molecule has 3 N–H and O–H groups in total. The second-order valence-corrected chi connectivity index (χ2v) is 1.91. The molecular formula is C5H11ClN2O2. The molecule has 0 aliphatic heterocycles. The average Bonchev–Trinajstić information content (AvgIpc) is 1.97. The Bertz CT molecular complexity index is 89.6. The first-order valence-electron chi connectivity index (χ1n) is 3.00. The van der Waals surface area contributed by atoms with Gasteiger partial charge in [-0.1, -0.05) is 0 Å². The van der Waals surface area contributed by atoms with E-state index in [9.17, 15) is 4.79 Å². The fourth-order valence-electron chi connectivity index (χ4n) is 0.394. The minimum atomic E-state index is -0.279. The number of rotatable bonds is 5. The highest BCUT2D eigenvalue weighted by Gasteiger charge is 1.99. The number of hydrogen-bond acceptors (Lipinski definition) is 4. The number of hydrogen-bond donors (Lipinski definition) is 2. The van der Waals surface area contributed by atoms with Gasteiger partial charge in [-0.15, -0.1) is 0 Å². The molecular weight excluding hydrogens is 156 g/mol. The van der Waals surface area contributed by atoms with Crippen LogP contribution < -0.4 is 10.6 Å². The van der Waals surface area contributed by atoms with Gasteiger partial charge in [0.25, 0.3) is 0 Å². The van der Waals surface area contributed by atoms with Crippen LogP contribution in [0.25, 0.3) is 0 Å². The van der Waals surface area contributed by atoms with Gasteiger partial charge in [-0.2, -0.15) is 0 Å². The van der Waals surface area contributed by atoms with Crippen LogP contribution in [0.4, 0.5) is 0 Å². The lowest BCUT2D eigenvalue weighted by molar-refractivity contribution is -0.143. The van der Waals surface area contributed by atoms with Crippen molar-refractivity contribution in [2.24, 2.45) is 5.73 Å². The Kier molecular flexibility index (Phi) is 6.58. The Balaban J connectivity index is 3.09. The molecule has 0 fully saturated rings. The van der Waals surface area contributed by atoms with Gasteiger partial charge in [0.2, 0.25) is 0 Å². The monoisotopic (exact) mass is 166 g/mol. The van der Waals surface area contributed by atoms with Crippen LogP contribution in [0.3, 0.4) is 0 Å². The van der Waals surface area contributed by atoms with Crippen molar-refractivity contribution < 1.29 is 9.53 Å². The molecule has 0 bridgehead atoms. The van der Waals surface area contributed by atoms with Gasteiger partial charge in [0, 0.05) is 13.1 Å². The quantitative estimate of drug-likeness (QED) is 0.432. The Hall–Kier alpha value is -0.320. The van der Waals surface area contributed by atoms with E-state index < -0.39 is 0 Å². The number of nitrogens with one attached hydrogen (secondary N) is 1. The molecule has 0 aromatic heterocycles. The van der Waals surface area contributed by atoms with Crippen molar-refractivity contribution in [3.05, 3.63) is 0 Å². The molecule has 60 valence electrons. The third-order valence-corrected chi connectivity index (χ3v) is 0.993. The number of carbonyl (C=O) groups excluding carboxylic acids is 1. The van der Waals surface area contributed by atoms with Crippen LogP contribution in [0, 0.1) is 0 Å². The van der Waals surface area contributed by atoms with E-state index in [-0.39, 0.29) is 19.0 Å². The normalized spacial score (nSPS) is 9.40. The van der Waals surface area contributed by atoms with Crippen molar-refractivity contribution in [2.75, 3.05) is 19.7 Å². The molecule has 0 saturated heterocycles. The highest BCUT2D eigenvalue weighted by atomic mass is 35.5. The van der Waals surface area contributed by atoms with Crippen LogP contribution in [0.15, 0.2) is 0 Å². The molecule has 0 atom stereocenters. The molecule has 0 amide bonds. The number of ether oxygens (including phenoxy) is 1. The summed E-state index contributed by atoms with van der Waals surface area (Å²) in [5, 5.41) is 0. The van der Waals surface area contributed by atoms with Crippen molar-refractivity contribution in [3.63, 3.8) is 0 Å². The Morgan fingerprint density at radius 3 is 2.90 bits per heavy atom. The summed E-state index contributed by atoms with van der Waals surface area (Å²) in [7, 11) is 0. The molecule has 0 heterocycles. The van der Waals surface area contributed by atoms with E-state index >= 15 is 0 Å². The van der Waals surface area contributed by atoms with Crippen LogP contribution in [0.1, 0.15) is 6.42 Å². The third-order valence-electron chi connectivity index (χ3n) is 0.805. The zero-order chi connectivity index (χ0) is 7.82. The Morgan fingerprint density at radius 1 is 1.70 bits per heavy atom. The fourth-order valence-corrected chi connectivity index (χ4v) is 0.489. The van der Waals surface area contributed by atoms with Crippen molar-refractivity contribution >= 4 is 17.7 Å². The van der Waals surface area contributed by atoms with Crippen LogP contribution in [0.5, 0.6) is 0 Å². The first kappa shape index (κ1) is 9.68. The molecule has 0 unspecified atom stereocenters. The maximum atomic E-state index is 10.6. The molecule has 4 nitrogen and oxygen atoms in total. The Morgan fingerprint density at radius 2 is 2.40 bits per heavy atom. The molecule has 0 saturated carbocycles. The molecule has 0 aromatic rings. The van der Waals surface area contributed by atoms with Gasteiger partial charge in [0.15, 0.2) is 0 Å². The highest BCUT2D eigenvalue weighted by molar-refractivity contribution is 6.13. The van der Waals surface area contributed by atoms with Crippen molar-refractivity contribution in [1.82, 2.24) is 4.84 Å². The minimum absolute atomic E-state index is 0.279. The molecule has 0 rings (SSSR count). The van der Waals surface area contributed by atoms with Gasteiger partial charge >= 0.3 is 5.97 Å². The van der Waals surface area contributed by atoms with Crippen LogP contribution in [-0.4, -0.2) is 25.7 Å². The first-order chi connectivity index (χ1) is 4.81. The zero-order valence-electron chi connectivity index (χ0n) is 5.60. The second-order valence-electron chi connectivity index (χ2n) is 1.64. The molecule has 0 aliphatic carbocycles. The standard InChI is InChI=1S/C5H11ClN2O2/c6-8-3-1-5(9)10-4-2-7/h8H,1-4,7H2. The molecule has 0 radical (unpaired) electrons. The topological polar surface area (TPSA) is 64.3 Å². The van der Waals surface area contributed by atoms with Gasteiger partial charge in [0.05, 0.1) is 6.42 Å². The summed E-state index contributed by atoms with van der Waals surface area (Å²) in [6, 6.07) is 0. The average molecular weight is 167 g/mol. The maximum Gasteiger partial charge on any atom is 0.307 e. The number of nitrogens with two attached hydrogens (primary N) is 1. The summed E-state index contributed by atoms with van der Waals surface area (Å²) in [6.45, 7) is 1.06. The lowest BCUT2D eigenvalue weighted by Crippen LogP contribution is -2.16. The maximum absolute atomic E-state index is 10.6. The first-order valence-corrected chi connectivity index (χ1v) is 3.38. The van der Waals surface area contributed by atoms with Gasteiger partial charge in [-0.05, 0) is 11.8 Å². The largest absolute Gasteiger partial charge is 0.464 e. The zero-order valence-corrected chi connectivity index (χ0v) is 6.36. The number of esters is 1. The second kappa shape index (κ2) is 6.80. The van der Waals surface area contributed by atoms with Gasteiger partial charge < -0.3 is 10.5 Å². The number of halogens is 1. The number of carbonyl (C=O) groups is 1. The summed E-state index contributed by atoms with van der Waals surface area (Å²) in [4.78, 5) is 12.9. The molecule has 0 aliphatic rings. The predicted molar refractivity (Wildman–Crippen MR) is 38.5 cm³/mol. The van der Waals surface area contributed by atoms with Gasteiger partial charge in [-0.3, -0.25) is 4.79 Å². The van der Waals surface area contributed by atoms with E-state index in [1.54, 1.807) is 0 Å². The van der Waals surface area contributed by atoms with Gasteiger partial charge in [0.1, 0.15) is 6.61 Å².